The number of hydrogen-bond donors (Lipinski definition) is 1. The van der Waals surface area contributed by atoms with Gasteiger partial charge < -0.3 is 14.3 Å². The molecule has 3 atom stereocenters. The van der Waals surface area contributed by atoms with Crippen LogP contribution in [0.5, 0.6) is 0 Å². The standard InChI is InChI=1S/C30H45NO3Si/c1-30(2,3)35(27-16-8-4-9-17-27,28-18-10-5-11-19-28)33-23-12-6-7-14-25-15-13-21-31-22-20-26(24-32)34-29(25)31/h4-5,8-11,16-19,25-26,29,32H,6-7,12-15,20-24H2,1-3H3/t25-,26+,29+/m1/s1. The second-order valence-electron chi connectivity index (χ2n) is 11.4. The number of fused-ring (bicyclic) bond motifs is 1. The number of ether oxygens (including phenoxy) is 1. The lowest BCUT2D eigenvalue weighted by molar-refractivity contribution is -0.188. The molecule has 0 aromatic heterocycles. The minimum atomic E-state index is -2.43. The van der Waals surface area contributed by atoms with Crippen LogP contribution in [-0.4, -0.2) is 57.0 Å². The summed E-state index contributed by atoms with van der Waals surface area (Å²) in [7, 11) is -2.43. The van der Waals surface area contributed by atoms with E-state index < -0.39 is 8.32 Å². The van der Waals surface area contributed by atoms with Gasteiger partial charge in [-0.05, 0) is 53.4 Å². The molecule has 2 fully saturated rings. The van der Waals surface area contributed by atoms with E-state index in [1.165, 1.54) is 42.5 Å². The van der Waals surface area contributed by atoms with Crippen molar-refractivity contribution in [1.29, 1.82) is 0 Å². The largest absolute Gasteiger partial charge is 0.407 e. The van der Waals surface area contributed by atoms with Gasteiger partial charge in [-0.2, -0.15) is 0 Å². The zero-order valence-electron chi connectivity index (χ0n) is 22.0. The average molecular weight is 496 g/mol. The predicted octanol–water partition coefficient (Wildman–Crippen LogP) is 4.94. The number of benzene rings is 2. The van der Waals surface area contributed by atoms with Gasteiger partial charge >= 0.3 is 0 Å². The molecule has 2 saturated heterocycles. The molecule has 0 spiro atoms. The predicted molar refractivity (Wildman–Crippen MR) is 147 cm³/mol. The molecule has 192 valence electrons. The SMILES string of the molecule is CC(C)(C)[Si](OCCCCC[C@@H]1CCCN2CC[C@@H](CO)O[C@@H]12)(c1ccccc1)c1ccccc1. The van der Waals surface area contributed by atoms with E-state index in [1.807, 2.05) is 0 Å². The summed E-state index contributed by atoms with van der Waals surface area (Å²) in [4.78, 5) is 2.51. The van der Waals surface area contributed by atoms with Crippen LogP contribution in [0, 0.1) is 5.92 Å². The van der Waals surface area contributed by atoms with E-state index in [1.54, 1.807) is 0 Å². The topological polar surface area (TPSA) is 41.9 Å². The Morgan fingerprint density at radius 2 is 1.57 bits per heavy atom. The van der Waals surface area contributed by atoms with Crippen molar-refractivity contribution in [2.24, 2.45) is 5.92 Å². The van der Waals surface area contributed by atoms with Crippen LogP contribution in [0.15, 0.2) is 60.7 Å². The van der Waals surface area contributed by atoms with Gasteiger partial charge in [-0.1, -0.05) is 94.3 Å². The molecule has 0 saturated carbocycles. The van der Waals surface area contributed by atoms with E-state index in [0.29, 0.717) is 5.92 Å². The van der Waals surface area contributed by atoms with Crippen LogP contribution < -0.4 is 10.4 Å². The summed E-state index contributed by atoms with van der Waals surface area (Å²) in [5.41, 5.74) is 0. The smallest absolute Gasteiger partial charge is 0.261 e. The second-order valence-corrected chi connectivity index (χ2v) is 15.7. The maximum absolute atomic E-state index is 9.57. The molecule has 1 N–H and O–H groups in total. The van der Waals surface area contributed by atoms with Crippen LogP contribution in [0.3, 0.4) is 0 Å². The van der Waals surface area contributed by atoms with E-state index in [9.17, 15) is 5.11 Å². The normalized spacial score (nSPS) is 23.7. The van der Waals surface area contributed by atoms with Crippen molar-refractivity contribution in [3.8, 4) is 0 Å². The molecule has 0 aliphatic carbocycles. The van der Waals surface area contributed by atoms with E-state index in [2.05, 4.69) is 86.3 Å². The fourth-order valence-electron chi connectivity index (χ4n) is 6.23. The Bertz CT molecular complexity index is 846. The molecule has 2 aromatic rings. The number of aliphatic hydroxyl groups excluding tert-OH is 1. The van der Waals surface area contributed by atoms with Gasteiger partial charge in [0.25, 0.3) is 8.32 Å². The van der Waals surface area contributed by atoms with Crippen LogP contribution in [0.1, 0.15) is 65.7 Å². The van der Waals surface area contributed by atoms with Crippen molar-refractivity contribution in [3.05, 3.63) is 60.7 Å². The number of unbranched alkanes of at least 4 members (excludes halogenated alkanes) is 2. The van der Waals surface area contributed by atoms with Gasteiger partial charge in [-0.15, -0.1) is 0 Å². The van der Waals surface area contributed by atoms with Crippen LogP contribution in [0.4, 0.5) is 0 Å². The summed E-state index contributed by atoms with van der Waals surface area (Å²) >= 11 is 0. The van der Waals surface area contributed by atoms with Crippen molar-refractivity contribution in [2.45, 2.75) is 83.1 Å². The molecule has 0 unspecified atom stereocenters. The Hall–Kier alpha value is -1.50. The molecule has 2 aliphatic rings. The fourth-order valence-corrected chi connectivity index (χ4v) is 10.8. The summed E-state index contributed by atoms with van der Waals surface area (Å²) in [6.45, 7) is 10.2. The van der Waals surface area contributed by atoms with E-state index in [0.717, 1.165) is 32.5 Å². The zero-order chi connectivity index (χ0) is 24.7. The Morgan fingerprint density at radius 3 is 2.17 bits per heavy atom. The third-order valence-electron chi connectivity index (χ3n) is 8.01. The molecule has 2 aromatic carbocycles. The fraction of sp³-hybridized carbons (Fsp3) is 0.600. The van der Waals surface area contributed by atoms with E-state index in [4.69, 9.17) is 9.16 Å². The van der Waals surface area contributed by atoms with Crippen molar-refractivity contribution < 1.29 is 14.3 Å². The van der Waals surface area contributed by atoms with Gasteiger partial charge in [0.15, 0.2) is 0 Å². The van der Waals surface area contributed by atoms with Gasteiger partial charge in [0.2, 0.25) is 0 Å². The van der Waals surface area contributed by atoms with Crippen LogP contribution in [-0.2, 0) is 9.16 Å². The molecule has 2 aliphatic heterocycles. The van der Waals surface area contributed by atoms with E-state index in [-0.39, 0.29) is 24.0 Å². The first-order chi connectivity index (χ1) is 17.0. The minimum absolute atomic E-state index is 0.0247. The number of nitrogens with zero attached hydrogens (tertiary/aromatic N) is 1. The molecule has 0 amide bonds. The number of piperidine rings is 1. The number of hydrogen-bond acceptors (Lipinski definition) is 4. The van der Waals surface area contributed by atoms with Gasteiger partial charge in [0.1, 0.15) is 6.23 Å². The van der Waals surface area contributed by atoms with Gasteiger partial charge in [0.05, 0.1) is 12.7 Å². The number of rotatable bonds is 10. The van der Waals surface area contributed by atoms with Crippen molar-refractivity contribution >= 4 is 18.7 Å². The lowest BCUT2D eigenvalue weighted by Gasteiger charge is -2.46. The quantitative estimate of drug-likeness (QED) is 0.374. The first kappa shape index (κ1) is 26.6. The highest BCUT2D eigenvalue weighted by Gasteiger charge is 2.50. The summed E-state index contributed by atoms with van der Waals surface area (Å²) in [5, 5.41) is 12.3. The third kappa shape index (κ3) is 6.08. The average Bonchev–Trinajstić information content (AvgIpc) is 2.88. The molecule has 0 bridgehead atoms. The van der Waals surface area contributed by atoms with Crippen molar-refractivity contribution in [2.75, 3.05) is 26.3 Å². The summed E-state index contributed by atoms with van der Waals surface area (Å²) in [6.07, 6.45) is 8.41. The Kier molecular flexibility index (Phi) is 9.22. The molecule has 0 radical (unpaired) electrons. The highest BCUT2D eigenvalue weighted by atomic mass is 28.4. The molecule has 4 nitrogen and oxygen atoms in total. The minimum Gasteiger partial charge on any atom is -0.407 e. The van der Waals surface area contributed by atoms with Crippen LogP contribution in [0.2, 0.25) is 5.04 Å². The van der Waals surface area contributed by atoms with Gasteiger partial charge in [0, 0.05) is 19.7 Å². The highest BCUT2D eigenvalue weighted by Crippen LogP contribution is 2.37. The van der Waals surface area contributed by atoms with Crippen molar-refractivity contribution in [1.82, 2.24) is 4.90 Å². The summed E-state index contributed by atoms with van der Waals surface area (Å²) in [6, 6.07) is 21.9. The molecule has 5 heteroatoms. The first-order valence-corrected chi connectivity index (χ1v) is 15.6. The Labute approximate surface area is 213 Å². The van der Waals surface area contributed by atoms with E-state index >= 15 is 0 Å². The Balaban J connectivity index is 1.35. The summed E-state index contributed by atoms with van der Waals surface area (Å²) < 4.78 is 13.3. The number of aliphatic hydroxyl groups is 1. The van der Waals surface area contributed by atoms with Gasteiger partial charge in [-0.3, -0.25) is 4.90 Å². The lowest BCUT2D eigenvalue weighted by atomic mass is 9.89. The molecule has 4 rings (SSSR count). The highest BCUT2D eigenvalue weighted by molar-refractivity contribution is 6.99. The third-order valence-corrected chi connectivity index (χ3v) is 13.1. The molecule has 35 heavy (non-hydrogen) atoms. The summed E-state index contributed by atoms with van der Waals surface area (Å²) in [5.74, 6) is 0.593. The lowest BCUT2D eigenvalue weighted by Crippen LogP contribution is -2.66. The van der Waals surface area contributed by atoms with Gasteiger partial charge in [-0.25, -0.2) is 0 Å². The maximum Gasteiger partial charge on any atom is 0.261 e. The monoisotopic (exact) mass is 495 g/mol. The second kappa shape index (κ2) is 12.2. The molecular weight excluding hydrogens is 450 g/mol. The first-order valence-electron chi connectivity index (χ1n) is 13.7. The molecule has 2 heterocycles. The van der Waals surface area contributed by atoms with Crippen LogP contribution >= 0.6 is 0 Å². The van der Waals surface area contributed by atoms with Crippen molar-refractivity contribution in [3.63, 3.8) is 0 Å². The molecular formula is C30H45NO3Si. The maximum atomic E-state index is 9.57. The zero-order valence-corrected chi connectivity index (χ0v) is 23.0. The Morgan fingerprint density at radius 1 is 0.914 bits per heavy atom. The van der Waals surface area contributed by atoms with Crippen LogP contribution in [0.25, 0.3) is 0 Å².